The number of carbonyl (C=O) groups excluding carboxylic acids is 1. The molecule has 0 radical (unpaired) electrons. The van der Waals surface area contributed by atoms with Gasteiger partial charge in [0.2, 0.25) is 5.91 Å². The van der Waals surface area contributed by atoms with E-state index in [1.54, 1.807) is 0 Å². The van der Waals surface area contributed by atoms with Gasteiger partial charge in [0.05, 0.1) is 19.1 Å². The van der Waals surface area contributed by atoms with Crippen molar-refractivity contribution in [2.24, 2.45) is 0 Å². The van der Waals surface area contributed by atoms with Crippen LogP contribution in [-0.2, 0) is 4.79 Å². The molecule has 1 amide bonds. The number of nitrogens with two attached hydrogens (primary N) is 1. The van der Waals surface area contributed by atoms with E-state index in [1.807, 2.05) is 6.92 Å². The summed E-state index contributed by atoms with van der Waals surface area (Å²) in [5.74, 6) is 0.185. The van der Waals surface area contributed by atoms with Crippen molar-refractivity contribution in [3.63, 3.8) is 0 Å². The zero-order chi connectivity index (χ0) is 8.10. The lowest BCUT2D eigenvalue weighted by atomic mass is 10.1. The molecule has 1 atom stereocenters. The van der Waals surface area contributed by atoms with Gasteiger partial charge in [-0.25, -0.2) is 0 Å². The number of rotatable bonds is 2. The van der Waals surface area contributed by atoms with Crippen LogP contribution in [0.15, 0.2) is 0 Å². The fourth-order valence-corrected chi connectivity index (χ4v) is 1.41. The Bertz CT molecular complexity index is 130. The van der Waals surface area contributed by atoms with Crippen molar-refractivity contribution in [1.82, 2.24) is 5.32 Å². The number of piperidine rings is 1. The predicted molar refractivity (Wildman–Crippen MR) is 43.1 cm³/mol. The Morgan fingerprint density at radius 1 is 1.73 bits per heavy atom. The Balaban J connectivity index is 2.19. The molecule has 3 heteroatoms. The van der Waals surface area contributed by atoms with E-state index in [0.29, 0.717) is 12.5 Å². The summed E-state index contributed by atoms with van der Waals surface area (Å²) in [6.07, 6.45) is 2.99. The second-order valence-electron chi connectivity index (χ2n) is 3.07. The lowest BCUT2D eigenvalue weighted by Crippen LogP contribution is -2.89. The number of hydrogen-bond donors (Lipinski definition) is 2. The van der Waals surface area contributed by atoms with Gasteiger partial charge >= 0.3 is 0 Å². The van der Waals surface area contributed by atoms with Crippen molar-refractivity contribution in [3.8, 4) is 0 Å². The minimum atomic E-state index is 0.185. The standard InChI is InChI=1S/C8H16N2O/c1-2-8(11)10-7-4-3-5-9-6-7/h7,9H,2-6H2,1H3,(H,10,11)/p+1/t7-/m1/s1. The lowest BCUT2D eigenvalue weighted by molar-refractivity contribution is -0.664. The van der Waals surface area contributed by atoms with Gasteiger partial charge in [-0.1, -0.05) is 6.92 Å². The lowest BCUT2D eigenvalue weighted by Gasteiger charge is -2.20. The molecule has 1 aliphatic heterocycles. The number of nitrogens with one attached hydrogen (secondary N) is 1. The summed E-state index contributed by atoms with van der Waals surface area (Å²) in [5, 5.41) is 5.27. The Kier molecular flexibility index (Phi) is 3.36. The zero-order valence-corrected chi connectivity index (χ0v) is 7.10. The van der Waals surface area contributed by atoms with Gasteiger partial charge < -0.3 is 10.6 Å². The van der Waals surface area contributed by atoms with Crippen molar-refractivity contribution < 1.29 is 10.1 Å². The zero-order valence-electron chi connectivity index (χ0n) is 7.10. The first-order valence-corrected chi connectivity index (χ1v) is 4.44. The van der Waals surface area contributed by atoms with Gasteiger partial charge in [0.25, 0.3) is 0 Å². The summed E-state index contributed by atoms with van der Waals surface area (Å²) in [6.45, 7) is 4.17. The van der Waals surface area contributed by atoms with E-state index < -0.39 is 0 Å². The molecule has 0 spiro atoms. The number of hydrogen-bond acceptors (Lipinski definition) is 1. The van der Waals surface area contributed by atoms with Crippen LogP contribution in [0.2, 0.25) is 0 Å². The molecule has 64 valence electrons. The highest BCUT2D eigenvalue weighted by Crippen LogP contribution is 1.96. The molecule has 0 saturated carbocycles. The summed E-state index contributed by atoms with van der Waals surface area (Å²) < 4.78 is 0. The molecule has 0 unspecified atom stereocenters. The quantitative estimate of drug-likeness (QED) is 0.543. The van der Waals surface area contributed by atoms with Crippen molar-refractivity contribution in [1.29, 1.82) is 0 Å². The smallest absolute Gasteiger partial charge is 0.220 e. The van der Waals surface area contributed by atoms with E-state index in [1.165, 1.54) is 13.0 Å². The molecule has 1 heterocycles. The van der Waals surface area contributed by atoms with Crippen molar-refractivity contribution in [2.45, 2.75) is 32.2 Å². The highest BCUT2D eigenvalue weighted by molar-refractivity contribution is 5.75. The fraction of sp³-hybridized carbons (Fsp3) is 0.875. The maximum atomic E-state index is 11.0. The molecule has 0 aliphatic carbocycles. The van der Waals surface area contributed by atoms with Gasteiger partial charge in [0, 0.05) is 6.42 Å². The molecule has 3 nitrogen and oxygen atoms in total. The maximum Gasteiger partial charge on any atom is 0.220 e. The number of amides is 1. The van der Waals surface area contributed by atoms with E-state index in [2.05, 4.69) is 10.6 Å². The van der Waals surface area contributed by atoms with Crippen LogP contribution in [0.1, 0.15) is 26.2 Å². The molecule has 0 aromatic heterocycles. The third kappa shape index (κ3) is 2.89. The van der Waals surface area contributed by atoms with Crippen LogP contribution >= 0.6 is 0 Å². The van der Waals surface area contributed by atoms with Crippen LogP contribution in [0.3, 0.4) is 0 Å². The van der Waals surface area contributed by atoms with Crippen molar-refractivity contribution in [3.05, 3.63) is 0 Å². The Morgan fingerprint density at radius 2 is 2.55 bits per heavy atom. The van der Waals surface area contributed by atoms with Crippen LogP contribution < -0.4 is 10.6 Å². The summed E-state index contributed by atoms with van der Waals surface area (Å²) in [5.41, 5.74) is 0. The molecule has 0 aromatic carbocycles. The van der Waals surface area contributed by atoms with Crippen LogP contribution in [-0.4, -0.2) is 25.0 Å². The Labute approximate surface area is 67.5 Å². The Morgan fingerprint density at radius 3 is 3.09 bits per heavy atom. The minimum absolute atomic E-state index is 0.185. The van der Waals surface area contributed by atoms with Crippen molar-refractivity contribution in [2.75, 3.05) is 13.1 Å². The minimum Gasteiger partial charge on any atom is -0.348 e. The molecule has 11 heavy (non-hydrogen) atoms. The van der Waals surface area contributed by atoms with Crippen LogP contribution in [0.25, 0.3) is 0 Å². The summed E-state index contributed by atoms with van der Waals surface area (Å²) in [4.78, 5) is 11.0. The molecule has 1 saturated heterocycles. The van der Waals surface area contributed by atoms with Crippen molar-refractivity contribution >= 4 is 5.91 Å². The third-order valence-corrected chi connectivity index (χ3v) is 2.10. The van der Waals surface area contributed by atoms with E-state index in [9.17, 15) is 4.79 Å². The molecule has 1 aliphatic rings. The van der Waals surface area contributed by atoms with E-state index in [4.69, 9.17) is 0 Å². The second-order valence-corrected chi connectivity index (χ2v) is 3.07. The molecule has 3 N–H and O–H groups in total. The summed E-state index contributed by atoms with van der Waals surface area (Å²) in [7, 11) is 0. The first kappa shape index (κ1) is 8.53. The van der Waals surface area contributed by atoms with Gasteiger partial charge in [0.1, 0.15) is 0 Å². The molecular formula is C8H17N2O+. The van der Waals surface area contributed by atoms with Gasteiger partial charge in [-0.05, 0) is 12.8 Å². The van der Waals surface area contributed by atoms with E-state index in [-0.39, 0.29) is 5.91 Å². The normalized spacial score (nSPS) is 24.6. The monoisotopic (exact) mass is 157 g/mol. The molecule has 1 fully saturated rings. The maximum absolute atomic E-state index is 11.0. The highest BCUT2D eigenvalue weighted by atomic mass is 16.1. The molecular weight excluding hydrogens is 140 g/mol. The number of carbonyl (C=O) groups is 1. The topological polar surface area (TPSA) is 45.7 Å². The average Bonchev–Trinajstić information content (AvgIpc) is 2.06. The molecule has 0 aromatic rings. The van der Waals surface area contributed by atoms with Gasteiger partial charge in [-0.3, -0.25) is 4.79 Å². The van der Waals surface area contributed by atoms with Gasteiger partial charge in [-0.15, -0.1) is 0 Å². The first-order chi connectivity index (χ1) is 5.33. The van der Waals surface area contributed by atoms with E-state index >= 15 is 0 Å². The third-order valence-electron chi connectivity index (χ3n) is 2.10. The van der Waals surface area contributed by atoms with Crippen LogP contribution in [0, 0.1) is 0 Å². The first-order valence-electron chi connectivity index (χ1n) is 4.44. The van der Waals surface area contributed by atoms with Gasteiger partial charge in [-0.2, -0.15) is 0 Å². The van der Waals surface area contributed by atoms with Crippen LogP contribution in [0.4, 0.5) is 0 Å². The molecule has 1 rings (SSSR count). The Hall–Kier alpha value is -0.570. The highest BCUT2D eigenvalue weighted by Gasteiger charge is 2.16. The average molecular weight is 157 g/mol. The predicted octanol–water partition coefficient (Wildman–Crippen LogP) is -0.762. The van der Waals surface area contributed by atoms with Crippen LogP contribution in [0.5, 0.6) is 0 Å². The number of quaternary nitrogens is 1. The summed E-state index contributed by atoms with van der Waals surface area (Å²) in [6, 6.07) is 0.427. The fourth-order valence-electron chi connectivity index (χ4n) is 1.41. The molecule has 0 bridgehead atoms. The second kappa shape index (κ2) is 4.34. The van der Waals surface area contributed by atoms with E-state index in [0.717, 1.165) is 13.0 Å². The summed E-state index contributed by atoms with van der Waals surface area (Å²) >= 11 is 0. The largest absolute Gasteiger partial charge is 0.348 e. The van der Waals surface area contributed by atoms with Gasteiger partial charge in [0.15, 0.2) is 0 Å². The SMILES string of the molecule is CCC(=O)N[C@@H]1CCC[NH2+]C1.